The highest BCUT2D eigenvalue weighted by Gasteiger charge is 2.26. The number of hydrogen-bond acceptors (Lipinski definition) is 3. The van der Waals surface area contributed by atoms with Gasteiger partial charge in [-0.05, 0) is 49.9 Å². The first-order valence-electron chi connectivity index (χ1n) is 8.80. The second-order valence-corrected chi connectivity index (χ2v) is 6.99. The molecule has 3 rings (SSSR count). The van der Waals surface area contributed by atoms with Crippen LogP contribution in [-0.4, -0.2) is 41.3 Å². The molecule has 0 unspecified atom stereocenters. The zero-order valence-corrected chi connectivity index (χ0v) is 15.5. The summed E-state index contributed by atoms with van der Waals surface area (Å²) in [6.45, 7) is 3.75. The molecular formula is C20H22ClN3O2. The highest BCUT2D eigenvalue weighted by Crippen LogP contribution is 2.20. The fraction of sp³-hybridized carbons (Fsp3) is 0.350. The van der Waals surface area contributed by atoms with Crippen molar-refractivity contribution >= 4 is 23.4 Å². The smallest absolute Gasteiger partial charge is 0.255 e. The molecule has 1 saturated heterocycles. The predicted octanol–water partition coefficient (Wildman–Crippen LogP) is 3.33. The Kier molecular flexibility index (Phi) is 5.89. The van der Waals surface area contributed by atoms with E-state index in [0.29, 0.717) is 29.2 Å². The van der Waals surface area contributed by atoms with Crippen molar-refractivity contribution in [1.29, 1.82) is 0 Å². The van der Waals surface area contributed by atoms with E-state index in [0.717, 1.165) is 25.1 Å². The van der Waals surface area contributed by atoms with Crippen molar-refractivity contribution in [2.75, 3.05) is 19.6 Å². The van der Waals surface area contributed by atoms with Gasteiger partial charge in [0.15, 0.2) is 0 Å². The number of nitrogens with one attached hydrogen (secondary N) is 1. The van der Waals surface area contributed by atoms with E-state index in [1.165, 1.54) is 0 Å². The first-order valence-corrected chi connectivity index (χ1v) is 9.17. The topological polar surface area (TPSA) is 62.3 Å². The number of rotatable bonds is 4. The molecule has 2 aromatic rings. The fourth-order valence-corrected chi connectivity index (χ4v) is 3.50. The molecule has 0 spiro atoms. The molecule has 6 heteroatoms. The van der Waals surface area contributed by atoms with Gasteiger partial charge in [-0.3, -0.25) is 14.6 Å². The Morgan fingerprint density at radius 2 is 2.00 bits per heavy atom. The molecule has 1 aromatic carbocycles. The third-order valence-electron chi connectivity index (χ3n) is 4.71. The number of likely N-dealkylation sites (tertiary alicyclic amines) is 1. The summed E-state index contributed by atoms with van der Waals surface area (Å²) >= 11 is 6.07. The number of aryl methyl sites for hydroxylation is 1. The second kappa shape index (κ2) is 8.32. The average Bonchev–Trinajstić information content (AvgIpc) is 2.66. The first-order chi connectivity index (χ1) is 12.6. The Balaban J connectivity index is 1.59. The lowest BCUT2D eigenvalue weighted by Gasteiger charge is -2.33. The monoisotopic (exact) mass is 371 g/mol. The van der Waals surface area contributed by atoms with Crippen molar-refractivity contribution in [2.24, 2.45) is 5.92 Å². The standard InChI is InChI=1S/C20H22ClN3O2/c1-14-16(8-4-10-22-14)20(26)24-11-5-6-15(13-24)12-23-19(25)17-7-2-3-9-18(17)21/h2-4,7-10,15H,5-6,11-13H2,1H3,(H,23,25)/t15-/m1/s1. The van der Waals surface area contributed by atoms with Gasteiger partial charge < -0.3 is 10.2 Å². The second-order valence-electron chi connectivity index (χ2n) is 6.59. The summed E-state index contributed by atoms with van der Waals surface area (Å²) in [4.78, 5) is 31.1. The third-order valence-corrected chi connectivity index (χ3v) is 5.04. The zero-order valence-electron chi connectivity index (χ0n) is 14.7. The number of carbonyl (C=O) groups excluding carboxylic acids is 2. The van der Waals surface area contributed by atoms with E-state index in [1.807, 2.05) is 17.9 Å². The highest BCUT2D eigenvalue weighted by atomic mass is 35.5. The molecule has 136 valence electrons. The number of benzene rings is 1. The van der Waals surface area contributed by atoms with Crippen LogP contribution in [0.5, 0.6) is 0 Å². The first kappa shape index (κ1) is 18.4. The lowest BCUT2D eigenvalue weighted by molar-refractivity contribution is 0.0669. The van der Waals surface area contributed by atoms with E-state index >= 15 is 0 Å². The zero-order chi connectivity index (χ0) is 18.5. The third kappa shape index (κ3) is 4.22. The quantitative estimate of drug-likeness (QED) is 0.896. The van der Waals surface area contributed by atoms with Gasteiger partial charge in [-0.25, -0.2) is 0 Å². The minimum absolute atomic E-state index is 0.0118. The molecule has 1 aliphatic heterocycles. The normalized spacial score (nSPS) is 17.0. The van der Waals surface area contributed by atoms with Crippen molar-refractivity contribution in [2.45, 2.75) is 19.8 Å². The molecule has 5 nitrogen and oxygen atoms in total. The van der Waals surface area contributed by atoms with Gasteiger partial charge in [-0.15, -0.1) is 0 Å². The molecule has 0 radical (unpaired) electrons. The summed E-state index contributed by atoms with van der Waals surface area (Å²) in [6.07, 6.45) is 3.60. The van der Waals surface area contributed by atoms with Gasteiger partial charge >= 0.3 is 0 Å². The maximum atomic E-state index is 12.8. The Labute approximate surface area is 158 Å². The number of nitrogens with zero attached hydrogens (tertiary/aromatic N) is 2. The molecule has 1 fully saturated rings. The van der Waals surface area contributed by atoms with Gasteiger partial charge in [0.2, 0.25) is 0 Å². The van der Waals surface area contributed by atoms with Crippen molar-refractivity contribution in [1.82, 2.24) is 15.2 Å². The molecule has 1 aromatic heterocycles. The van der Waals surface area contributed by atoms with Gasteiger partial charge in [0.25, 0.3) is 11.8 Å². The summed E-state index contributed by atoms with van der Waals surface area (Å²) in [5.74, 6) is 0.0657. The lowest BCUT2D eigenvalue weighted by atomic mass is 9.97. The van der Waals surface area contributed by atoms with Crippen molar-refractivity contribution < 1.29 is 9.59 Å². The van der Waals surface area contributed by atoms with Crippen LogP contribution in [0.2, 0.25) is 5.02 Å². The molecule has 26 heavy (non-hydrogen) atoms. The number of piperidine rings is 1. The van der Waals surface area contributed by atoms with Crippen LogP contribution >= 0.6 is 11.6 Å². The van der Waals surface area contributed by atoms with E-state index in [1.54, 1.807) is 36.5 Å². The Bertz CT molecular complexity index is 809. The van der Waals surface area contributed by atoms with Crippen LogP contribution in [0.4, 0.5) is 0 Å². The molecule has 1 N–H and O–H groups in total. The molecule has 1 atom stereocenters. The van der Waals surface area contributed by atoms with Crippen LogP contribution in [0, 0.1) is 12.8 Å². The number of carbonyl (C=O) groups is 2. The van der Waals surface area contributed by atoms with Crippen LogP contribution in [-0.2, 0) is 0 Å². The van der Waals surface area contributed by atoms with E-state index in [9.17, 15) is 9.59 Å². The highest BCUT2D eigenvalue weighted by molar-refractivity contribution is 6.33. The van der Waals surface area contributed by atoms with E-state index in [4.69, 9.17) is 11.6 Å². The van der Waals surface area contributed by atoms with Crippen LogP contribution in [0.3, 0.4) is 0 Å². The molecular weight excluding hydrogens is 350 g/mol. The molecule has 0 aliphatic carbocycles. The largest absolute Gasteiger partial charge is 0.352 e. The van der Waals surface area contributed by atoms with Gasteiger partial charge in [-0.2, -0.15) is 0 Å². The van der Waals surface area contributed by atoms with Gasteiger partial charge in [0.05, 0.1) is 16.1 Å². The fourth-order valence-electron chi connectivity index (χ4n) is 3.27. The summed E-state index contributed by atoms with van der Waals surface area (Å²) in [7, 11) is 0. The van der Waals surface area contributed by atoms with E-state index < -0.39 is 0 Å². The van der Waals surface area contributed by atoms with Crippen LogP contribution in [0.15, 0.2) is 42.6 Å². The SMILES string of the molecule is Cc1ncccc1C(=O)N1CCC[C@H](CNC(=O)c2ccccc2Cl)C1. The number of hydrogen-bond donors (Lipinski definition) is 1. The van der Waals surface area contributed by atoms with Crippen molar-refractivity contribution in [3.8, 4) is 0 Å². The lowest BCUT2D eigenvalue weighted by Crippen LogP contribution is -2.44. The van der Waals surface area contributed by atoms with Gasteiger partial charge in [0.1, 0.15) is 0 Å². The Hall–Kier alpha value is -2.40. The summed E-state index contributed by atoms with van der Waals surface area (Å²) < 4.78 is 0. The van der Waals surface area contributed by atoms with Crippen molar-refractivity contribution in [3.05, 3.63) is 64.4 Å². The van der Waals surface area contributed by atoms with Gasteiger partial charge in [-0.1, -0.05) is 23.7 Å². The molecule has 1 aliphatic rings. The number of halogens is 1. The summed E-state index contributed by atoms with van der Waals surface area (Å²) in [6, 6.07) is 10.6. The number of amides is 2. The Morgan fingerprint density at radius 3 is 2.77 bits per heavy atom. The minimum Gasteiger partial charge on any atom is -0.352 e. The van der Waals surface area contributed by atoms with E-state index in [-0.39, 0.29) is 17.7 Å². The Morgan fingerprint density at radius 1 is 1.23 bits per heavy atom. The van der Waals surface area contributed by atoms with Crippen LogP contribution < -0.4 is 5.32 Å². The molecule has 0 saturated carbocycles. The maximum absolute atomic E-state index is 12.8. The summed E-state index contributed by atoms with van der Waals surface area (Å²) in [5, 5.41) is 3.39. The van der Waals surface area contributed by atoms with Crippen LogP contribution in [0.1, 0.15) is 39.3 Å². The number of aromatic nitrogens is 1. The van der Waals surface area contributed by atoms with Crippen LogP contribution in [0.25, 0.3) is 0 Å². The molecule has 2 amide bonds. The van der Waals surface area contributed by atoms with Crippen molar-refractivity contribution in [3.63, 3.8) is 0 Å². The predicted molar refractivity (Wildman–Crippen MR) is 101 cm³/mol. The van der Waals surface area contributed by atoms with E-state index in [2.05, 4.69) is 10.3 Å². The maximum Gasteiger partial charge on any atom is 0.255 e. The minimum atomic E-state index is -0.179. The molecule has 0 bridgehead atoms. The number of pyridine rings is 1. The van der Waals surface area contributed by atoms with Gasteiger partial charge in [0, 0.05) is 31.5 Å². The average molecular weight is 372 g/mol. The summed E-state index contributed by atoms with van der Waals surface area (Å²) in [5.41, 5.74) is 1.86. The molecule has 2 heterocycles.